The molecule has 41 heavy (non-hydrogen) atoms. The van der Waals surface area contributed by atoms with E-state index in [9.17, 15) is 14.4 Å². The van der Waals surface area contributed by atoms with Crippen LogP contribution in [0.4, 0.5) is 9.59 Å². The molecule has 224 valence electrons. The zero-order chi connectivity index (χ0) is 30.6. The molecule has 0 radical (unpaired) electrons. The van der Waals surface area contributed by atoms with E-state index in [1.807, 2.05) is 36.4 Å². The SMILES string of the molecule is CC(C)(C)OC(=O)NN(C(=O)OC(C)(C)C)[C@H]1C[C@H](CO[Si](c2ccccc2)(c2ccccc2)C(C)(C)C)OC1=O. The highest BCUT2D eigenvalue weighted by atomic mass is 28.4. The third kappa shape index (κ3) is 8.10. The van der Waals surface area contributed by atoms with Crippen LogP contribution in [-0.4, -0.2) is 61.4 Å². The molecule has 1 aliphatic heterocycles. The van der Waals surface area contributed by atoms with Gasteiger partial charge in [-0.1, -0.05) is 81.4 Å². The van der Waals surface area contributed by atoms with Crippen LogP contribution < -0.4 is 15.8 Å². The van der Waals surface area contributed by atoms with Crippen molar-refractivity contribution in [3.8, 4) is 0 Å². The van der Waals surface area contributed by atoms with Gasteiger partial charge in [-0.25, -0.2) is 24.8 Å². The highest BCUT2D eigenvalue weighted by Gasteiger charge is 2.52. The lowest BCUT2D eigenvalue weighted by Gasteiger charge is -2.43. The van der Waals surface area contributed by atoms with Crippen LogP contribution in [0.1, 0.15) is 68.7 Å². The van der Waals surface area contributed by atoms with E-state index in [2.05, 4.69) is 50.5 Å². The molecular formula is C31H44N2O7Si. The largest absolute Gasteiger partial charge is 0.458 e. The molecule has 2 atom stereocenters. The Morgan fingerprint density at radius 2 is 1.34 bits per heavy atom. The molecule has 0 saturated carbocycles. The fourth-order valence-corrected chi connectivity index (χ4v) is 9.48. The predicted molar refractivity (Wildman–Crippen MR) is 159 cm³/mol. The van der Waals surface area contributed by atoms with E-state index in [0.29, 0.717) is 0 Å². The summed E-state index contributed by atoms with van der Waals surface area (Å²) in [6.45, 7) is 16.8. The number of carbonyl (C=O) groups excluding carboxylic acids is 3. The number of nitrogens with zero attached hydrogens (tertiary/aromatic N) is 1. The Labute approximate surface area is 244 Å². The molecule has 3 rings (SSSR count). The first-order valence-electron chi connectivity index (χ1n) is 13.9. The predicted octanol–water partition coefficient (Wildman–Crippen LogP) is 4.92. The molecule has 1 aliphatic rings. The lowest BCUT2D eigenvalue weighted by molar-refractivity contribution is -0.146. The van der Waals surface area contributed by atoms with Gasteiger partial charge in [0, 0.05) is 6.42 Å². The summed E-state index contributed by atoms with van der Waals surface area (Å²) in [5.74, 6) is -0.664. The van der Waals surface area contributed by atoms with E-state index in [4.69, 9.17) is 18.6 Å². The molecule has 0 bridgehead atoms. The second kappa shape index (κ2) is 12.2. The summed E-state index contributed by atoms with van der Waals surface area (Å²) >= 11 is 0. The first-order chi connectivity index (χ1) is 18.9. The third-order valence-electron chi connectivity index (χ3n) is 6.46. The van der Waals surface area contributed by atoms with Gasteiger partial charge in [-0.15, -0.1) is 0 Å². The number of hydrogen-bond acceptors (Lipinski definition) is 7. The van der Waals surface area contributed by atoms with Crippen molar-refractivity contribution in [1.29, 1.82) is 0 Å². The van der Waals surface area contributed by atoms with Gasteiger partial charge in [-0.3, -0.25) is 0 Å². The van der Waals surface area contributed by atoms with Gasteiger partial charge in [0.1, 0.15) is 17.3 Å². The molecule has 10 heteroatoms. The molecule has 1 saturated heterocycles. The van der Waals surface area contributed by atoms with Crippen molar-refractivity contribution in [2.45, 2.75) is 97.1 Å². The Morgan fingerprint density at radius 3 is 1.78 bits per heavy atom. The van der Waals surface area contributed by atoms with Crippen molar-refractivity contribution < 1.29 is 33.0 Å². The number of benzene rings is 2. The smallest absolute Gasteiger partial charge is 0.430 e. The summed E-state index contributed by atoms with van der Waals surface area (Å²) in [6.07, 6.45) is -2.33. The number of cyclic esters (lactones) is 1. The fraction of sp³-hybridized carbons (Fsp3) is 0.516. The van der Waals surface area contributed by atoms with Gasteiger partial charge in [0.25, 0.3) is 8.32 Å². The Balaban J connectivity index is 1.89. The number of hydrogen-bond donors (Lipinski definition) is 1. The zero-order valence-electron chi connectivity index (χ0n) is 25.6. The van der Waals surface area contributed by atoms with Crippen LogP contribution in [0.25, 0.3) is 0 Å². The van der Waals surface area contributed by atoms with Crippen molar-refractivity contribution in [2.24, 2.45) is 0 Å². The van der Waals surface area contributed by atoms with Gasteiger partial charge in [0.15, 0.2) is 6.04 Å². The molecule has 1 heterocycles. The maximum atomic E-state index is 13.1. The quantitative estimate of drug-likeness (QED) is 0.222. The van der Waals surface area contributed by atoms with Gasteiger partial charge in [0.05, 0.1) is 6.61 Å². The van der Waals surface area contributed by atoms with Crippen LogP contribution in [0.2, 0.25) is 5.04 Å². The van der Waals surface area contributed by atoms with Crippen LogP contribution in [0.3, 0.4) is 0 Å². The highest BCUT2D eigenvalue weighted by molar-refractivity contribution is 6.99. The molecule has 2 amide bonds. The Kier molecular flexibility index (Phi) is 9.60. The Bertz CT molecular complexity index is 1160. The van der Waals surface area contributed by atoms with E-state index in [-0.39, 0.29) is 18.1 Å². The van der Waals surface area contributed by atoms with Crippen molar-refractivity contribution >= 4 is 36.8 Å². The Hall–Kier alpha value is -3.37. The van der Waals surface area contributed by atoms with Gasteiger partial charge in [-0.2, -0.15) is 0 Å². The molecule has 2 aromatic rings. The molecule has 2 aromatic carbocycles. The van der Waals surface area contributed by atoms with Crippen molar-refractivity contribution in [1.82, 2.24) is 10.4 Å². The second-order valence-electron chi connectivity index (χ2n) is 13.2. The topological polar surface area (TPSA) is 103 Å². The normalized spacial score (nSPS) is 17.9. The van der Waals surface area contributed by atoms with E-state index < -0.39 is 49.8 Å². The molecule has 0 aliphatic carbocycles. The third-order valence-corrected chi connectivity index (χ3v) is 11.5. The summed E-state index contributed by atoms with van der Waals surface area (Å²) in [7, 11) is -2.88. The lowest BCUT2D eigenvalue weighted by atomic mass is 10.1. The second-order valence-corrected chi connectivity index (χ2v) is 17.6. The van der Waals surface area contributed by atoms with Crippen molar-refractivity contribution in [3.63, 3.8) is 0 Å². The average molecular weight is 585 g/mol. The number of nitrogens with one attached hydrogen (secondary N) is 1. The summed E-state index contributed by atoms with van der Waals surface area (Å²) in [5, 5.41) is 2.80. The van der Waals surface area contributed by atoms with Crippen molar-refractivity contribution in [3.05, 3.63) is 60.7 Å². The minimum Gasteiger partial charge on any atom is -0.458 e. The molecule has 0 unspecified atom stereocenters. The molecule has 9 nitrogen and oxygen atoms in total. The van der Waals surface area contributed by atoms with E-state index in [1.165, 1.54) is 0 Å². The molecule has 0 spiro atoms. The molecule has 1 fully saturated rings. The highest BCUT2D eigenvalue weighted by Crippen LogP contribution is 2.37. The first-order valence-corrected chi connectivity index (χ1v) is 15.8. The minimum atomic E-state index is -2.88. The summed E-state index contributed by atoms with van der Waals surface area (Å²) < 4.78 is 23.5. The van der Waals surface area contributed by atoms with Crippen LogP contribution in [-0.2, 0) is 23.4 Å². The molecule has 1 N–H and O–H groups in total. The number of amides is 2. The van der Waals surface area contributed by atoms with E-state index >= 15 is 0 Å². The zero-order valence-corrected chi connectivity index (χ0v) is 26.6. The van der Waals surface area contributed by atoms with Gasteiger partial charge >= 0.3 is 18.2 Å². The van der Waals surface area contributed by atoms with Crippen LogP contribution in [0.5, 0.6) is 0 Å². The van der Waals surface area contributed by atoms with E-state index in [1.54, 1.807) is 41.5 Å². The standard InChI is InChI=1S/C31H44N2O7Si/c1-29(2,3)39-27(35)32-33(28(36)40-30(4,5)6)25-20-22(38-26(25)34)21-37-41(31(7,8)9,23-16-12-10-13-17-23)24-18-14-11-15-19-24/h10-19,22,25H,20-21H2,1-9H3,(H,32,35)/t22-,25+/m1/s1. The maximum Gasteiger partial charge on any atom is 0.430 e. The maximum absolute atomic E-state index is 13.1. The Morgan fingerprint density at radius 1 is 0.854 bits per heavy atom. The fourth-order valence-electron chi connectivity index (χ4n) is 4.89. The van der Waals surface area contributed by atoms with Crippen LogP contribution in [0.15, 0.2) is 60.7 Å². The van der Waals surface area contributed by atoms with Gasteiger partial charge in [-0.05, 0) is 57.0 Å². The molecule has 0 aromatic heterocycles. The monoisotopic (exact) mass is 584 g/mol. The number of ether oxygens (including phenoxy) is 3. The number of rotatable bonds is 6. The van der Waals surface area contributed by atoms with Gasteiger partial charge in [0.2, 0.25) is 0 Å². The van der Waals surface area contributed by atoms with Gasteiger partial charge < -0.3 is 18.6 Å². The number of carbonyl (C=O) groups is 3. The molecular weight excluding hydrogens is 540 g/mol. The number of esters is 1. The lowest BCUT2D eigenvalue weighted by Crippen LogP contribution is -2.67. The number of hydrazine groups is 1. The van der Waals surface area contributed by atoms with Crippen LogP contribution >= 0.6 is 0 Å². The van der Waals surface area contributed by atoms with Crippen LogP contribution in [0, 0.1) is 0 Å². The summed E-state index contributed by atoms with van der Waals surface area (Å²) in [5.41, 5.74) is 0.726. The minimum absolute atomic E-state index is 0.103. The summed E-state index contributed by atoms with van der Waals surface area (Å²) in [6, 6.07) is 19.2. The average Bonchev–Trinajstić information content (AvgIpc) is 3.21. The van der Waals surface area contributed by atoms with Crippen molar-refractivity contribution in [2.75, 3.05) is 6.61 Å². The van der Waals surface area contributed by atoms with E-state index in [0.717, 1.165) is 15.4 Å². The first kappa shape index (κ1) is 32.1. The summed E-state index contributed by atoms with van der Waals surface area (Å²) in [4.78, 5) is 38.8.